The molecule has 2 fully saturated rings. The SMILES string of the molecule is CN1CC(O)CNS(=O)(=O)c2ccc(-c3ccc(Cl)cc3)cc2OCC2(CCN(C(=O)C3CCOCC3)CC2)C1. The van der Waals surface area contributed by atoms with Gasteiger partial charge in [-0.05, 0) is 68.1 Å². The van der Waals surface area contributed by atoms with E-state index in [9.17, 15) is 18.3 Å². The number of β-amino-alcohol motifs (C(OH)–C–C–N with tert-alkyl or cyclic N) is 1. The van der Waals surface area contributed by atoms with Crippen LogP contribution in [0.25, 0.3) is 11.1 Å². The summed E-state index contributed by atoms with van der Waals surface area (Å²) in [6.07, 6.45) is 2.10. The average Bonchev–Trinajstić information content (AvgIpc) is 2.95. The first-order valence-corrected chi connectivity index (χ1v) is 15.8. The molecule has 40 heavy (non-hydrogen) atoms. The first-order valence-electron chi connectivity index (χ1n) is 13.9. The molecule has 0 aliphatic carbocycles. The van der Waals surface area contributed by atoms with Crippen LogP contribution in [0.1, 0.15) is 25.7 Å². The van der Waals surface area contributed by atoms with Crippen LogP contribution in [0.4, 0.5) is 0 Å². The van der Waals surface area contributed by atoms with E-state index in [0.717, 1.165) is 36.8 Å². The molecule has 3 aliphatic heterocycles. The largest absolute Gasteiger partial charge is 0.492 e. The van der Waals surface area contributed by atoms with E-state index < -0.39 is 16.1 Å². The van der Waals surface area contributed by atoms with Crippen molar-refractivity contribution in [3.8, 4) is 16.9 Å². The zero-order valence-corrected chi connectivity index (χ0v) is 24.4. The minimum atomic E-state index is -3.94. The first-order chi connectivity index (χ1) is 19.1. The Morgan fingerprint density at radius 2 is 1.75 bits per heavy atom. The smallest absolute Gasteiger partial charge is 0.244 e. The summed E-state index contributed by atoms with van der Waals surface area (Å²) in [6.45, 7) is 3.65. The number of aliphatic hydroxyl groups excluding tert-OH is 1. The van der Waals surface area contributed by atoms with E-state index in [4.69, 9.17) is 21.1 Å². The van der Waals surface area contributed by atoms with Gasteiger partial charge in [-0.25, -0.2) is 13.1 Å². The van der Waals surface area contributed by atoms with E-state index in [1.54, 1.807) is 30.3 Å². The summed E-state index contributed by atoms with van der Waals surface area (Å²) in [5.74, 6) is 0.480. The Labute approximate surface area is 241 Å². The molecule has 5 rings (SSSR count). The van der Waals surface area contributed by atoms with E-state index in [0.29, 0.717) is 51.0 Å². The van der Waals surface area contributed by atoms with Gasteiger partial charge >= 0.3 is 0 Å². The number of carbonyl (C=O) groups is 1. The third-order valence-electron chi connectivity index (χ3n) is 8.29. The lowest BCUT2D eigenvalue weighted by molar-refractivity contribution is -0.141. The summed E-state index contributed by atoms with van der Waals surface area (Å²) in [6, 6.07) is 12.4. The molecule has 218 valence electrons. The van der Waals surface area contributed by atoms with Crippen molar-refractivity contribution in [3.63, 3.8) is 0 Å². The van der Waals surface area contributed by atoms with Crippen LogP contribution >= 0.6 is 11.6 Å². The molecule has 2 N–H and O–H groups in total. The van der Waals surface area contributed by atoms with Crippen LogP contribution in [0.3, 0.4) is 0 Å². The maximum Gasteiger partial charge on any atom is 0.244 e. The predicted octanol–water partition coefficient (Wildman–Crippen LogP) is 3.01. The number of hydrogen-bond donors (Lipinski definition) is 2. The summed E-state index contributed by atoms with van der Waals surface area (Å²) in [5, 5.41) is 11.2. The monoisotopic (exact) mass is 591 g/mol. The van der Waals surface area contributed by atoms with Gasteiger partial charge < -0.3 is 24.4 Å². The predicted molar refractivity (Wildman–Crippen MR) is 153 cm³/mol. The highest BCUT2D eigenvalue weighted by atomic mass is 35.5. The van der Waals surface area contributed by atoms with E-state index in [1.807, 2.05) is 29.0 Å². The number of rotatable bonds is 2. The van der Waals surface area contributed by atoms with Gasteiger partial charge in [0.25, 0.3) is 0 Å². The number of halogens is 1. The van der Waals surface area contributed by atoms with Crippen molar-refractivity contribution in [1.82, 2.24) is 14.5 Å². The number of carbonyl (C=O) groups excluding carboxylic acids is 1. The second-order valence-corrected chi connectivity index (χ2v) is 13.5. The molecule has 1 unspecified atom stereocenters. The molecular formula is C29H38ClN3O6S. The lowest BCUT2D eigenvalue weighted by atomic mass is 9.78. The molecule has 0 bridgehead atoms. The van der Waals surface area contributed by atoms with Gasteiger partial charge in [0, 0.05) is 62.3 Å². The highest BCUT2D eigenvalue weighted by Crippen LogP contribution is 2.37. The Balaban J connectivity index is 1.42. The number of piperidine rings is 1. The third-order valence-corrected chi connectivity index (χ3v) is 10.0. The van der Waals surface area contributed by atoms with E-state index in [1.165, 1.54) is 0 Å². The molecule has 2 aromatic rings. The summed E-state index contributed by atoms with van der Waals surface area (Å²) < 4.78 is 40.9. The molecule has 1 atom stereocenters. The lowest BCUT2D eigenvalue weighted by Crippen LogP contribution is -2.52. The maximum absolute atomic E-state index is 13.3. The molecule has 2 saturated heterocycles. The molecule has 0 radical (unpaired) electrons. The molecule has 11 heteroatoms. The number of nitrogens with zero attached hydrogens (tertiary/aromatic N) is 2. The topological polar surface area (TPSA) is 108 Å². The Hall–Kier alpha value is -2.21. The quantitative estimate of drug-likeness (QED) is 0.553. The Bertz CT molecular complexity index is 1290. The fourth-order valence-electron chi connectivity index (χ4n) is 5.99. The Morgan fingerprint density at radius 3 is 2.45 bits per heavy atom. The standard InChI is InChI=1S/C29H38ClN3O6S/c1-32-18-25(34)17-31-40(36,37)27-7-4-23(21-2-5-24(30)6-3-21)16-26(27)39-20-29(19-32)10-12-33(13-11-29)28(35)22-8-14-38-15-9-22/h2-7,16,22,25,31,34H,8-15,17-20H2,1H3. The fourth-order valence-corrected chi connectivity index (χ4v) is 7.32. The summed E-state index contributed by atoms with van der Waals surface area (Å²) >= 11 is 6.07. The molecule has 2 aromatic carbocycles. The van der Waals surface area contributed by atoms with Crippen molar-refractivity contribution in [2.45, 2.75) is 36.7 Å². The van der Waals surface area contributed by atoms with Crippen LogP contribution in [0.2, 0.25) is 5.02 Å². The van der Waals surface area contributed by atoms with Crippen LogP contribution < -0.4 is 9.46 Å². The highest BCUT2D eigenvalue weighted by molar-refractivity contribution is 7.89. The molecule has 0 aromatic heterocycles. The molecule has 9 nitrogen and oxygen atoms in total. The number of fused-ring (bicyclic) bond motifs is 1. The van der Waals surface area contributed by atoms with Crippen molar-refractivity contribution >= 4 is 27.5 Å². The van der Waals surface area contributed by atoms with Gasteiger partial charge in [-0.1, -0.05) is 29.8 Å². The number of benzene rings is 2. The Kier molecular flexibility index (Phi) is 9.04. The minimum Gasteiger partial charge on any atom is -0.492 e. The fraction of sp³-hybridized carbons (Fsp3) is 0.552. The zero-order valence-electron chi connectivity index (χ0n) is 22.9. The van der Waals surface area contributed by atoms with Crippen molar-refractivity contribution in [1.29, 1.82) is 0 Å². The van der Waals surface area contributed by atoms with Crippen molar-refractivity contribution < 1.29 is 27.8 Å². The zero-order chi connectivity index (χ0) is 28.3. The molecule has 3 aliphatic rings. The van der Waals surface area contributed by atoms with Crippen LogP contribution in [0.5, 0.6) is 5.75 Å². The van der Waals surface area contributed by atoms with Crippen LogP contribution in [0, 0.1) is 11.3 Å². The summed E-state index contributed by atoms with van der Waals surface area (Å²) in [5.41, 5.74) is 1.38. The number of nitrogens with one attached hydrogen (secondary N) is 1. The third kappa shape index (κ3) is 6.80. The Morgan fingerprint density at radius 1 is 1.07 bits per heavy atom. The summed E-state index contributed by atoms with van der Waals surface area (Å²) in [4.78, 5) is 17.2. The lowest BCUT2D eigenvalue weighted by Gasteiger charge is -2.44. The van der Waals surface area contributed by atoms with E-state index in [-0.39, 0.29) is 34.4 Å². The van der Waals surface area contributed by atoms with Crippen molar-refractivity contribution in [2.24, 2.45) is 11.3 Å². The number of likely N-dealkylation sites (N-methyl/N-ethyl adjacent to an activating group) is 1. The highest BCUT2D eigenvalue weighted by Gasteiger charge is 2.40. The van der Waals surface area contributed by atoms with Gasteiger partial charge in [-0.2, -0.15) is 0 Å². The number of aliphatic hydroxyl groups is 1. The van der Waals surface area contributed by atoms with Crippen molar-refractivity contribution in [2.75, 3.05) is 59.6 Å². The normalized spacial score (nSPS) is 24.4. The van der Waals surface area contributed by atoms with Gasteiger partial charge in [0.05, 0.1) is 12.7 Å². The molecular weight excluding hydrogens is 554 g/mol. The number of sulfonamides is 1. The molecule has 3 heterocycles. The van der Waals surface area contributed by atoms with Gasteiger partial charge in [-0.15, -0.1) is 0 Å². The number of hydrogen-bond acceptors (Lipinski definition) is 7. The number of amides is 1. The average molecular weight is 592 g/mol. The van der Waals surface area contributed by atoms with Crippen LogP contribution in [-0.4, -0.2) is 94.9 Å². The second kappa shape index (κ2) is 12.3. The first kappa shape index (κ1) is 29.3. The number of likely N-dealkylation sites (tertiary alicyclic amines) is 1. The van der Waals surface area contributed by atoms with E-state index in [2.05, 4.69) is 4.72 Å². The van der Waals surface area contributed by atoms with Gasteiger partial charge in [0.2, 0.25) is 15.9 Å². The van der Waals surface area contributed by atoms with Crippen LogP contribution in [-0.2, 0) is 19.6 Å². The molecule has 0 saturated carbocycles. The summed E-state index contributed by atoms with van der Waals surface area (Å²) in [7, 11) is -2.01. The minimum absolute atomic E-state index is 0.0176. The van der Waals surface area contributed by atoms with Gasteiger partial charge in [0.15, 0.2) is 0 Å². The van der Waals surface area contributed by atoms with E-state index >= 15 is 0 Å². The van der Waals surface area contributed by atoms with Crippen LogP contribution in [0.15, 0.2) is 47.4 Å². The molecule has 1 amide bonds. The molecule has 1 spiro atoms. The van der Waals surface area contributed by atoms with Gasteiger partial charge in [0.1, 0.15) is 10.6 Å². The number of ether oxygens (including phenoxy) is 2. The van der Waals surface area contributed by atoms with Gasteiger partial charge in [-0.3, -0.25) is 4.79 Å². The maximum atomic E-state index is 13.3. The second-order valence-electron chi connectivity index (χ2n) is 11.4. The van der Waals surface area contributed by atoms with Crippen molar-refractivity contribution in [3.05, 3.63) is 47.5 Å².